The lowest BCUT2D eigenvalue weighted by Gasteiger charge is -2.11. The van der Waals surface area contributed by atoms with E-state index in [1.807, 2.05) is 0 Å². The summed E-state index contributed by atoms with van der Waals surface area (Å²) in [6.07, 6.45) is 0.146. The summed E-state index contributed by atoms with van der Waals surface area (Å²) in [6, 6.07) is 4.53. The average molecular weight is 328 g/mol. The number of sulfone groups is 1. The van der Waals surface area contributed by atoms with Crippen LogP contribution in [0, 0.1) is 11.7 Å². The van der Waals surface area contributed by atoms with Crippen LogP contribution in [0.3, 0.4) is 0 Å². The molecule has 0 spiro atoms. The van der Waals surface area contributed by atoms with Crippen molar-refractivity contribution in [3.8, 4) is 0 Å². The number of rotatable bonds is 5. The molecule has 0 aliphatic carbocycles. The van der Waals surface area contributed by atoms with Gasteiger partial charge in [0, 0.05) is 26.6 Å². The zero-order valence-corrected chi connectivity index (χ0v) is 12.9. The van der Waals surface area contributed by atoms with E-state index in [2.05, 4.69) is 5.32 Å². The minimum absolute atomic E-state index is 0.0129. The summed E-state index contributed by atoms with van der Waals surface area (Å²) in [5.41, 5.74) is 0. The third-order valence-electron chi connectivity index (χ3n) is 3.55. The second kappa shape index (κ2) is 6.43. The first-order valence-corrected chi connectivity index (χ1v) is 8.45. The number of likely N-dealkylation sites (tertiary alicyclic amines) is 1. The van der Waals surface area contributed by atoms with Crippen molar-refractivity contribution in [1.82, 2.24) is 10.2 Å². The molecule has 8 heteroatoms. The molecule has 6 nitrogen and oxygen atoms in total. The van der Waals surface area contributed by atoms with Crippen molar-refractivity contribution in [3.05, 3.63) is 30.1 Å². The maximum atomic E-state index is 12.8. The van der Waals surface area contributed by atoms with Gasteiger partial charge >= 0.3 is 0 Å². The summed E-state index contributed by atoms with van der Waals surface area (Å²) in [6.45, 7) is 0.294. The van der Waals surface area contributed by atoms with Crippen LogP contribution in [-0.2, 0) is 19.4 Å². The first-order valence-electron chi connectivity index (χ1n) is 6.79. The van der Waals surface area contributed by atoms with Crippen LogP contribution in [0.15, 0.2) is 29.2 Å². The van der Waals surface area contributed by atoms with Crippen LogP contribution in [0.5, 0.6) is 0 Å². The van der Waals surface area contributed by atoms with Gasteiger partial charge in [-0.25, -0.2) is 12.8 Å². The molecule has 1 aliphatic rings. The molecule has 22 heavy (non-hydrogen) atoms. The quantitative estimate of drug-likeness (QED) is 0.783. The van der Waals surface area contributed by atoms with Crippen LogP contribution < -0.4 is 5.32 Å². The number of carbonyl (C=O) groups is 2. The number of nitrogens with one attached hydrogen (secondary N) is 1. The minimum Gasteiger partial charge on any atom is -0.355 e. The highest BCUT2D eigenvalue weighted by molar-refractivity contribution is 7.91. The molecule has 1 aliphatic heterocycles. The highest BCUT2D eigenvalue weighted by atomic mass is 32.2. The molecule has 120 valence electrons. The van der Waals surface area contributed by atoms with Gasteiger partial charge in [-0.1, -0.05) is 0 Å². The van der Waals surface area contributed by atoms with E-state index in [0.717, 1.165) is 12.1 Å². The van der Waals surface area contributed by atoms with Gasteiger partial charge < -0.3 is 10.2 Å². The van der Waals surface area contributed by atoms with Crippen LogP contribution in [0.25, 0.3) is 0 Å². The second-order valence-corrected chi connectivity index (χ2v) is 7.35. The van der Waals surface area contributed by atoms with Gasteiger partial charge in [-0.05, 0) is 24.3 Å². The summed E-state index contributed by atoms with van der Waals surface area (Å²) < 4.78 is 36.8. The molecule has 0 radical (unpaired) electrons. The predicted molar refractivity (Wildman–Crippen MR) is 77.2 cm³/mol. The van der Waals surface area contributed by atoms with Gasteiger partial charge in [0.2, 0.25) is 11.8 Å². The first-order chi connectivity index (χ1) is 10.3. The molecule has 0 bridgehead atoms. The standard InChI is InChI=1S/C14H17FN2O4S/c1-17-9-10(8-13(17)18)14(19)16-6-7-22(20,21)12-4-2-11(15)3-5-12/h2-5,10H,6-9H2,1H3,(H,16,19)/t10-/m0/s1. The minimum atomic E-state index is -3.58. The lowest BCUT2D eigenvalue weighted by atomic mass is 10.1. The Morgan fingerprint density at radius 2 is 2.00 bits per heavy atom. The predicted octanol–water partition coefficient (Wildman–Crippen LogP) is 0.194. The van der Waals surface area contributed by atoms with Crippen molar-refractivity contribution in [1.29, 1.82) is 0 Å². The van der Waals surface area contributed by atoms with Gasteiger partial charge in [0.1, 0.15) is 5.82 Å². The zero-order chi connectivity index (χ0) is 16.3. The summed E-state index contributed by atoms with van der Waals surface area (Å²) >= 11 is 0. The Balaban J connectivity index is 1.86. The van der Waals surface area contributed by atoms with Crippen molar-refractivity contribution < 1.29 is 22.4 Å². The summed E-state index contributed by atoms with van der Waals surface area (Å²) in [5.74, 6) is -1.65. The monoisotopic (exact) mass is 328 g/mol. The molecule has 1 atom stereocenters. The van der Waals surface area contributed by atoms with Gasteiger partial charge in [-0.2, -0.15) is 0 Å². The number of nitrogens with zero attached hydrogens (tertiary/aromatic N) is 1. The smallest absolute Gasteiger partial charge is 0.225 e. The molecule has 1 aromatic rings. The molecule has 2 rings (SSSR count). The van der Waals surface area contributed by atoms with E-state index in [0.29, 0.717) is 6.54 Å². The molecule has 0 aromatic heterocycles. The Hall–Kier alpha value is -1.96. The average Bonchev–Trinajstić information content (AvgIpc) is 2.79. The van der Waals surface area contributed by atoms with E-state index in [9.17, 15) is 22.4 Å². The van der Waals surface area contributed by atoms with E-state index >= 15 is 0 Å². The largest absolute Gasteiger partial charge is 0.355 e. The first kappa shape index (κ1) is 16.4. The van der Waals surface area contributed by atoms with E-state index in [-0.39, 0.29) is 35.4 Å². The molecule has 0 saturated carbocycles. The number of benzene rings is 1. The SMILES string of the molecule is CN1C[C@@H](C(=O)NCCS(=O)(=O)c2ccc(F)cc2)CC1=O. The molecule has 2 amide bonds. The number of hydrogen-bond acceptors (Lipinski definition) is 4. The van der Waals surface area contributed by atoms with E-state index in [4.69, 9.17) is 0 Å². The maximum Gasteiger partial charge on any atom is 0.225 e. The Morgan fingerprint density at radius 3 is 2.55 bits per heavy atom. The molecule has 1 saturated heterocycles. The van der Waals surface area contributed by atoms with Crippen LogP contribution in [0.4, 0.5) is 4.39 Å². The fourth-order valence-electron chi connectivity index (χ4n) is 2.25. The molecule has 0 unspecified atom stereocenters. The lowest BCUT2D eigenvalue weighted by molar-refractivity contribution is -0.128. The van der Waals surface area contributed by atoms with Gasteiger partial charge in [0.05, 0.1) is 16.6 Å². The third kappa shape index (κ3) is 3.82. The van der Waals surface area contributed by atoms with Gasteiger partial charge in [0.25, 0.3) is 0 Å². The third-order valence-corrected chi connectivity index (χ3v) is 5.29. The Bertz CT molecular complexity index is 673. The van der Waals surface area contributed by atoms with Crippen molar-refractivity contribution in [2.45, 2.75) is 11.3 Å². The van der Waals surface area contributed by atoms with E-state index < -0.39 is 21.6 Å². The Labute approximate surface area is 128 Å². The highest BCUT2D eigenvalue weighted by Gasteiger charge is 2.32. The Kier molecular flexibility index (Phi) is 4.80. The number of hydrogen-bond donors (Lipinski definition) is 1. The van der Waals surface area contributed by atoms with Crippen LogP contribution >= 0.6 is 0 Å². The summed E-state index contributed by atoms with van der Waals surface area (Å²) in [7, 11) is -1.96. The topological polar surface area (TPSA) is 83.6 Å². The van der Waals surface area contributed by atoms with Crippen molar-refractivity contribution in [2.24, 2.45) is 5.92 Å². The molecule has 1 fully saturated rings. The van der Waals surface area contributed by atoms with Crippen LogP contribution in [0.1, 0.15) is 6.42 Å². The van der Waals surface area contributed by atoms with Crippen LogP contribution in [0.2, 0.25) is 0 Å². The number of halogens is 1. The summed E-state index contributed by atoms with van der Waals surface area (Å²) in [4.78, 5) is 24.7. The van der Waals surface area contributed by atoms with Gasteiger partial charge in [-0.15, -0.1) is 0 Å². The number of amides is 2. The zero-order valence-electron chi connectivity index (χ0n) is 12.1. The molecular weight excluding hydrogens is 311 g/mol. The fourth-order valence-corrected chi connectivity index (χ4v) is 3.41. The fraction of sp³-hybridized carbons (Fsp3) is 0.429. The highest BCUT2D eigenvalue weighted by Crippen LogP contribution is 2.16. The van der Waals surface area contributed by atoms with Crippen molar-refractivity contribution in [2.75, 3.05) is 25.9 Å². The van der Waals surface area contributed by atoms with Gasteiger partial charge in [-0.3, -0.25) is 9.59 Å². The summed E-state index contributed by atoms with van der Waals surface area (Å²) in [5, 5.41) is 2.53. The van der Waals surface area contributed by atoms with E-state index in [1.165, 1.54) is 17.0 Å². The lowest BCUT2D eigenvalue weighted by Crippen LogP contribution is -2.35. The van der Waals surface area contributed by atoms with Gasteiger partial charge in [0.15, 0.2) is 9.84 Å². The molecule has 1 N–H and O–H groups in total. The molecule has 1 aromatic carbocycles. The molecular formula is C14H17FN2O4S. The Morgan fingerprint density at radius 1 is 1.36 bits per heavy atom. The second-order valence-electron chi connectivity index (χ2n) is 5.24. The van der Waals surface area contributed by atoms with Crippen molar-refractivity contribution >= 4 is 21.7 Å². The normalized spacial score (nSPS) is 18.5. The van der Waals surface area contributed by atoms with Crippen LogP contribution in [-0.4, -0.2) is 51.0 Å². The number of carbonyl (C=O) groups excluding carboxylic acids is 2. The van der Waals surface area contributed by atoms with E-state index in [1.54, 1.807) is 7.05 Å². The van der Waals surface area contributed by atoms with Crippen molar-refractivity contribution in [3.63, 3.8) is 0 Å². The molecule has 1 heterocycles. The maximum absolute atomic E-state index is 12.8.